The van der Waals surface area contributed by atoms with Crippen LogP contribution < -0.4 is 0 Å². The topological polar surface area (TPSA) is 69.6 Å². The van der Waals surface area contributed by atoms with Gasteiger partial charge in [-0.05, 0) is 29.5 Å². The molecule has 6 rings (SSSR count). The van der Waals surface area contributed by atoms with E-state index in [1.54, 1.807) is 6.20 Å². The van der Waals surface area contributed by atoms with Crippen molar-refractivity contribution in [1.82, 2.24) is 25.0 Å². The molecule has 0 saturated heterocycles. The molecule has 0 amide bonds. The van der Waals surface area contributed by atoms with Gasteiger partial charge in [0.2, 0.25) is 5.65 Å². The molecule has 28 heavy (non-hydrogen) atoms. The van der Waals surface area contributed by atoms with Crippen LogP contribution in [0.5, 0.6) is 0 Å². The van der Waals surface area contributed by atoms with Crippen LogP contribution in [-0.4, -0.2) is 25.0 Å². The van der Waals surface area contributed by atoms with Crippen molar-refractivity contribution < 1.29 is 4.42 Å². The molecule has 0 radical (unpaired) electrons. The minimum atomic E-state index is 0.543. The van der Waals surface area contributed by atoms with E-state index in [1.807, 2.05) is 65.2 Å². The number of hydrogen-bond donors (Lipinski definition) is 0. The molecule has 0 atom stereocenters. The summed E-state index contributed by atoms with van der Waals surface area (Å²) >= 11 is 0. The summed E-state index contributed by atoms with van der Waals surface area (Å²) in [5.41, 5.74) is 4.87. The molecule has 0 N–H and O–H groups in total. The normalized spacial score (nSPS) is 11.6. The maximum absolute atomic E-state index is 6.22. The first-order chi connectivity index (χ1) is 13.9. The Balaban J connectivity index is 1.74. The Morgan fingerprint density at radius 1 is 0.786 bits per heavy atom. The van der Waals surface area contributed by atoms with Crippen LogP contribution >= 0.6 is 0 Å². The predicted molar refractivity (Wildman–Crippen MR) is 107 cm³/mol. The minimum Gasteiger partial charge on any atom is -0.455 e. The zero-order chi connectivity index (χ0) is 18.5. The standard InChI is InChI=1S/C22H13N5O/c1-2-7-14(8-3-1)27-18-13-23-26-25-21(18)24-22(27)17-11-6-10-16-15-9-4-5-12-19(15)28-20(16)17/h1-13H. The summed E-state index contributed by atoms with van der Waals surface area (Å²) in [5, 5.41) is 14.0. The molecule has 0 fully saturated rings. The molecule has 3 heterocycles. The molecule has 6 aromatic rings. The predicted octanol–water partition coefficient (Wildman–Crippen LogP) is 4.78. The number of nitrogens with zero attached hydrogens (tertiary/aromatic N) is 5. The second-order valence-electron chi connectivity index (χ2n) is 6.53. The molecule has 3 aromatic carbocycles. The fraction of sp³-hybridized carbons (Fsp3) is 0. The Hall–Kier alpha value is -4.06. The minimum absolute atomic E-state index is 0.543. The van der Waals surface area contributed by atoms with Gasteiger partial charge in [-0.2, -0.15) is 0 Å². The van der Waals surface area contributed by atoms with Crippen molar-refractivity contribution in [3.05, 3.63) is 79.0 Å². The zero-order valence-corrected chi connectivity index (χ0v) is 14.6. The molecule has 132 valence electrons. The zero-order valence-electron chi connectivity index (χ0n) is 14.6. The summed E-state index contributed by atoms with van der Waals surface area (Å²) in [6.45, 7) is 0. The van der Waals surface area contributed by atoms with Crippen molar-refractivity contribution >= 4 is 33.1 Å². The highest BCUT2D eigenvalue weighted by Gasteiger charge is 2.20. The third-order valence-electron chi connectivity index (χ3n) is 4.92. The van der Waals surface area contributed by atoms with E-state index in [2.05, 4.69) is 27.5 Å². The first-order valence-electron chi connectivity index (χ1n) is 8.93. The van der Waals surface area contributed by atoms with Gasteiger partial charge in [0.05, 0.1) is 11.8 Å². The Kier molecular flexibility index (Phi) is 3.07. The monoisotopic (exact) mass is 363 g/mol. The number of benzene rings is 3. The molecule has 0 spiro atoms. The van der Waals surface area contributed by atoms with E-state index in [-0.39, 0.29) is 0 Å². The van der Waals surface area contributed by atoms with Gasteiger partial charge in [0.25, 0.3) is 0 Å². The molecule has 0 bridgehead atoms. The van der Waals surface area contributed by atoms with E-state index in [9.17, 15) is 0 Å². The van der Waals surface area contributed by atoms with Crippen LogP contribution in [0.25, 0.3) is 50.2 Å². The van der Waals surface area contributed by atoms with Crippen LogP contribution in [0.15, 0.2) is 83.4 Å². The highest BCUT2D eigenvalue weighted by atomic mass is 16.3. The molecular weight excluding hydrogens is 350 g/mol. The van der Waals surface area contributed by atoms with Gasteiger partial charge < -0.3 is 4.42 Å². The van der Waals surface area contributed by atoms with Gasteiger partial charge in [-0.25, -0.2) is 4.98 Å². The fourth-order valence-electron chi connectivity index (χ4n) is 3.70. The first-order valence-corrected chi connectivity index (χ1v) is 8.93. The lowest BCUT2D eigenvalue weighted by Gasteiger charge is -2.09. The Bertz CT molecular complexity index is 1470. The number of para-hydroxylation sites is 3. The van der Waals surface area contributed by atoms with Crippen molar-refractivity contribution in [3.8, 4) is 17.1 Å². The lowest BCUT2D eigenvalue weighted by molar-refractivity contribution is 0.669. The van der Waals surface area contributed by atoms with Gasteiger partial charge in [0.15, 0.2) is 5.82 Å². The fourth-order valence-corrected chi connectivity index (χ4v) is 3.70. The largest absolute Gasteiger partial charge is 0.455 e. The number of aromatic nitrogens is 5. The molecule has 0 aliphatic heterocycles. The number of rotatable bonds is 2. The van der Waals surface area contributed by atoms with E-state index in [0.717, 1.165) is 44.5 Å². The third-order valence-corrected chi connectivity index (χ3v) is 4.92. The van der Waals surface area contributed by atoms with Gasteiger partial charge in [0.1, 0.15) is 16.7 Å². The molecule has 6 nitrogen and oxygen atoms in total. The van der Waals surface area contributed by atoms with Crippen LogP contribution in [-0.2, 0) is 0 Å². The summed E-state index contributed by atoms with van der Waals surface area (Å²) < 4.78 is 8.26. The van der Waals surface area contributed by atoms with Crippen molar-refractivity contribution in [2.45, 2.75) is 0 Å². The van der Waals surface area contributed by atoms with Crippen molar-refractivity contribution in [1.29, 1.82) is 0 Å². The summed E-state index contributed by atoms with van der Waals surface area (Å²) in [6, 6.07) is 24.2. The van der Waals surface area contributed by atoms with Crippen molar-refractivity contribution in [3.63, 3.8) is 0 Å². The van der Waals surface area contributed by atoms with Gasteiger partial charge in [-0.3, -0.25) is 4.57 Å². The highest BCUT2D eigenvalue weighted by Crippen LogP contribution is 2.37. The lowest BCUT2D eigenvalue weighted by atomic mass is 10.1. The van der Waals surface area contributed by atoms with Crippen LogP contribution in [0.4, 0.5) is 0 Å². The second kappa shape index (κ2) is 5.72. The van der Waals surface area contributed by atoms with Gasteiger partial charge in [-0.15, -0.1) is 10.2 Å². The van der Waals surface area contributed by atoms with E-state index in [0.29, 0.717) is 5.65 Å². The van der Waals surface area contributed by atoms with Crippen LogP contribution in [0.1, 0.15) is 0 Å². The maximum Gasteiger partial charge on any atom is 0.204 e. The molecule has 0 aliphatic carbocycles. The van der Waals surface area contributed by atoms with Crippen molar-refractivity contribution in [2.24, 2.45) is 0 Å². The Labute approximate surface area is 159 Å². The van der Waals surface area contributed by atoms with Crippen LogP contribution in [0.2, 0.25) is 0 Å². The lowest BCUT2D eigenvalue weighted by Crippen LogP contribution is -1.98. The molecule has 6 heteroatoms. The quantitative estimate of drug-likeness (QED) is 0.443. The van der Waals surface area contributed by atoms with E-state index in [1.165, 1.54) is 0 Å². The second-order valence-corrected chi connectivity index (χ2v) is 6.53. The van der Waals surface area contributed by atoms with Crippen LogP contribution in [0.3, 0.4) is 0 Å². The average molecular weight is 363 g/mol. The Morgan fingerprint density at radius 3 is 2.54 bits per heavy atom. The number of furan rings is 1. The van der Waals surface area contributed by atoms with Gasteiger partial charge in [-0.1, -0.05) is 48.5 Å². The average Bonchev–Trinajstić information content (AvgIpc) is 3.33. The van der Waals surface area contributed by atoms with E-state index >= 15 is 0 Å². The molecule has 0 unspecified atom stereocenters. The summed E-state index contributed by atoms with van der Waals surface area (Å²) in [6.07, 6.45) is 1.69. The summed E-state index contributed by atoms with van der Waals surface area (Å²) in [4.78, 5) is 4.77. The number of imidazole rings is 1. The van der Waals surface area contributed by atoms with Gasteiger partial charge >= 0.3 is 0 Å². The first kappa shape index (κ1) is 15.0. The molecule has 0 aliphatic rings. The molecule has 3 aromatic heterocycles. The van der Waals surface area contributed by atoms with Crippen LogP contribution in [0, 0.1) is 0 Å². The maximum atomic E-state index is 6.22. The third kappa shape index (κ3) is 2.08. The Morgan fingerprint density at radius 2 is 1.61 bits per heavy atom. The molecule has 0 saturated carbocycles. The highest BCUT2D eigenvalue weighted by molar-refractivity contribution is 6.09. The summed E-state index contributed by atoms with van der Waals surface area (Å²) in [5.74, 6) is 0.744. The molecular formula is C22H13N5O. The SMILES string of the molecule is c1ccc(-n2c(-c3cccc4c3oc3ccccc34)nc3nnncc32)cc1. The van der Waals surface area contributed by atoms with E-state index in [4.69, 9.17) is 9.40 Å². The smallest absolute Gasteiger partial charge is 0.204 e. The number of hydrogen-bond acceptors (Lipinski definition) is 5. The van der Waals surface area contributed by atoms with Crippen molar-refractivity contribution in [2.75, 3.05) is 0 Å². The van der Waals surface area contributed by atoms with Gasteiger partial charge in [0, 0.05) is 16.5 Å². The van der Waals surface area contributed by atoms with E-state index < -0.39 is 0 Å². The number of fused-ring (bicyclic) bond motifs is 4. The summed E-state index contributed by atoms with van der Waals surface area (Å²) in [7, 11) is 0.